The van der Waals surface area contributed by atoms with Gasteiger partial charge in [-0.3, -0.25) is 4.31 Å². The molecule has 3 aromatic rings. The van der Waals surface area contributed by atoms with E-state index in [0.29, 0.717) is 17.9 Å². The molecular formula is C26H24N2O4S. The van der Waals surface area contributed by atoms with E-state index in [1.54, 1.807) is 24.3 Å². The maximum absolute atomic E-state index is 13.6. The molecule has 3 aromatic carbocycles. The summed E-state index contributed by atoms with van der Waals surface area (Å²) >= 11 is 0. The quantitative estimate of drug-likeness (QED) is 0.494. The van der Waals surface area contributed by atoms with E-state index in [-0.39, 0.29) is 29.4 Å². The molecule has 7 heteroatoms. The molecule has 6 nitrogen and oxygen atoms in total. The Morgan fingerprint density at radius 2 is 1.82 bits per heavy atom. The summed E-state index contributed by atoms with van der Waals surface area (Å²) in [6, 6.07) is 17.5. The van der Waals surface area contributed by atoms with Crippen molar-refractivity contribution in [2.75, 3.05) is 16.2 Å². The summed E-state index contributed by atoms with van der Waals surface area (Å²) in [5, 5.41) is 23.7. The van der Waals surface area contributed by atoms with Crippen LogP contribution in [0.15, 0.2) is 77.7 Å². The summed E-state index contributed by atoms with van der Waals surface area (Å²) < 4.78 is 28.7. The van der Waals surface area contributed by atoms with Crippen molar-refractivity contribution in [3.8, 4) is 11.5 Å². The maximum atomic E-state index is 13.6. The Morgan fingerprint density at radius 1 is 0.970 bits per heavy atom. The SMILES string of the molecule is O=S(=O)(c1ccc2c(c1)C1C=CCC1C(c1ccc(O)cc1O)N2)N1CCc2ccccc21. The Morgan fingerprint density at radius 3 is 2.67 bits per heavy atom. The van der Waals surface area contributed by atoms with Gasteiger partial charge in [0.25, 0.3) is 10.0 Å². The van der Waals surface area contributed by atoms with E-state index in [2.05, 4.69) is 17.5 Å². The fourth-order valence-corrected chi connectivity index (χ4v) is 7.06. The Labute approximate surface area is 192 Å². The molecule has 6 rings (SSSR count). The Hall–Kier alpha value is -3.45. The minimum Gasteiger partial charge on any atom is -0.508 e. The van der Waals surface area contributed by atoms with Crippen molar-refractivity contribution in [3.63, 3.8) is 0 Å². The zero-order chi connectivity index (χ0) is 22.7. The van der Waals surface area contributed by atoms with Crippen LogP contribution in [0.3, 0.4) is 0 Å². The number of sulfonamides is 1. The number of anilines is 2. The summed E-state index contributed by atoms with van der Waals surface area (Å²) in [5.41, 5.74) is 4.35. The van der Waals surface area contributed by atoms with Crippen LogP contribution in [-0.4, -0.2) is 25.2 Å². The third-order valence-corrected chi connectivity index (χ3v) is 8.93. The van der Waals surface area contributed by atoms with Crippen molar-refractivity contribution in [1.82, 2.24) is 0 Å². The van der Waals surface area contributed by atoms with Gasteiger partial charge in [0.15, 0.2) is 0 Å². The lowest BCUT2D eigenvalue weighted by molar-refractivity contribution is 0.398. The van der Waals surface area contributed by atoms with Gasteiger partial charge in [-0.2, -0.15) is 0 Å². The molecule has 3 aliphatic rings. The first-order chi connectivity index (χ1) is 15.9. The summed E-state index contributed by atoms with van der Waals surface area (Å²) in [4.78, 5) is 0.296. The molecule has 3 N–H and O–H groups in total. The van der Waals surface area contributed by atoms with Gasteiger partial charge in [-0.25, -0.2) is 8.42 Å². The molecule has 3 atom stereocenters. The normalized spacial score (nSPS) is 23.0. The number of allylic oxidation sites excluding steroid dienone is 2. The standard InChI is InChI=1S/C26H24N2O4S/c29-17-8-10-21(25(30)14-17)26-20-6-3-5-19(20)22-15-18(9-11-23(22)27-26)33(31,32)28-13-12-16-4-1-2-7-24(16)28/h1-5,7-11,14-15,19-20,26-27,29-30H,6,12-13H2. The van der Waals surface area contributed by atoms with Crippen LogP contribution < -0.4 is 9.62 Å². The fraction of sp³-hybridized carbons (Fsp3) is 0.231. The maximum Gasteiger partial charge on any atom is 0.264 e. The summed E-state index contributed by atoms with van der Waals surface area (Å²) in [5.74, 6) is 0.249. The van der Waals surface area contributed by atoms with Crippen molar-refractivity contribution in [2.45, 2.75) is 29.7 Å². The molecule has 0 spiro atoms. The van der Waals surface area contributed by atoms with E-state index >= 15 is 0 Å². The topological polar surface area (TPSA) is 89.9 Å². The molecule has 0 saturated carbocycles. The number of phenols is 2. The third kappa shape index (κ3) is 3.10. The molecule has 0 bridgehead atoms. The largest absolute Gasteiger partial charge is 0.508 e. The average molecular weight is 461 g/mol. The van der Waals surface area contributed by atoms with E-state index in [4.69, 9.17) is 0 Å². The van der Waals surface area contributed by atoms with Crippen molar-refractivity contribution in [2.24, 2.45) is 5.92 Å². The first-order valence-electron chi connectivity index (χ1n) is 11.1. The number of hydrogen-bond donors (Lipinski definition) is 3. The molecule has 2 aliphatic heterocycles. The van der Waals surface area contributed by atoms with Crippen molar-refractivity contribution in [3.05, 3.63) is 89.5 Å². The molecule has 0 amide bonds. The second-order valence-corrected chi connectivity index (χ2v) is 10.8. The molecule has 33 heavy (non-hydrogen) atoms. The lowest BCUT2D eigenvalue weighted by atomic mass is 9.77. The third-order valence-electron chi connectivity index (χ3n) is 7.12. The van der Waals surface area contributed by atoms with Gasteiger partial charge in [0.1, 0.15) is 11.5 Å². The zero-order valence-electron chi connectivity index (χ0n) is 17.8. The number of rotatable bonds is 3. The number of aromatic hydroxyl groups is 2. The van der Waals surface area contributed by atoms with Gasteiger partial charge < -0.3 is 15.5 Å². The average Bonchev–Trinajstić information content (AvgIpc) is 3.46. The summed E-state index contributed by atoms with van der Waals surface area (Å²) in [6.07, 6.45) is 5.79. The minimum atomic E-state index is -3.68. The van der Waals surface area contributed by atoms with Gasteiger partial charge in [0.05, 0.1) is 16.6 Å². The van der Waals surface area contributed by atoms with Crippen molar-refractivity contribution >= 4 is 21.4 Å². The van der Waals surface area contributed by atoms with E-state index < -0.39 is 10.0 Å². The van der Waals surface area contributed by atoms with Gasteiger partial charge in [-0.05, 0) is 66.3 Å². The van der Waals surface area contributed by atoms with Crippen LogP contribution in [0.4, 0.5) is 11.4 Å². The Kier molecular flexibility index (Phi) is 4.45. The highest BCUT2D eigenvalue weighted by atomic mass is 32.2. The Balaban J connectivity index is 1.39. The molecule has 168 valence electrons. The van der Waals surface area contributed by atoms with Gasteiger partial charge in [0, 0.05) is 29.8 Å². The predicted molar refractivity (Wildman–Crippen MR) is 127 cm³/mol. The van der Waals surface area contributed by atoms with Crippen LogP contribution >= 0.6 is 0 Å². The van der Waals surface area contributed by atoms with Crippen LogP contribution in [0.25, 0.3) is 0 Å². The first-order valence-corrected chi connectivity index (χ1v) is 12.6. The van der Waals surface area contributed by atoms with Crippen LogP contribution in [0.2, 0.25) is 0 Å². The number of para-hydroxylation sites is 1. The Bertz CT molecular complexity index is 1400. The number of nitrogens with zero attached hydrogens (tertiary/aromatic N) is 1. The highest BCUT2D eigenvalue weighted by Crippen LogP contribution is 2.51. The van der Waals surface area contributed by atoms with Crippen LogP contribution in [0.5, 0.6) is 11.5 Å². The van der Waals surface area contributed by atoms with Gasteiger partial charge >= 0.3 is 0 Å². The van der Waals surface area contributed by atoms with Crippen LogP contribution in [0.1, 0.15) is 35.1 Å². The molecule has 3 unspecified atom stereocenters. The minimum absolute atomic E-state index is 0.0203. The van der Waals surface area contributed by atoms with E-state index in [9.17, 15) is 18.6 Å². The summed E-state index contributed by atoms with van der Waals surface area (Å²) in [7, 11) is -3.68. The fourth-order valence-electron chi connectivity index (χ4n) is 5.52. The zero-order valence-corrected chi connectivity index (χ0v) is 18.7. The van der Waals surface area contributed by atoms with E-state index in [1.807, 2.05) is 30.3 Å². The number of phenolic OH excluding ortho intramolecular Hbond substituents is 2. The molecular weight excluding hydrogens is 436 g/mol. The second-order valence-electron chi connectivity index (χ2n) is 8.92. The predicted octanol–water partition coefficient (Wildman–Crippen LogP) is 4.68. The smallest absolute Gasteiger partial charge is 0.264 e. The lowest BCUT2D eigenvalue weighted by Gasteiger charge is -2.38. The monoisotopic (exact) mass is 460 g/mol. The van der Waals surface area contributed by atoms with Gasteiger partial charge in [-0.1, -0.05) is 30.4 Å². The number of hydrogen-bond acceptors (Lipinski definition) is 5. The molecule has 0 saturated heterocycles. The second kappa shape index (κ2) is 7.28. The van der Waals surface area contributed by atoms with Crippen molar-refractivity contribution in [1.29, 1.82) is 0 Å². The van der Waals surface area contributed by atoms with Crippen LogP contribution in [-0.2, 0) is 16.4 Å². The van der Waals surface area contributed by atoms with Gasteiger partial charge in [0.2, 0.25) is 0 Å². The lowest BCUT2D eigenvalue weighted by Crippen LogP contribution is -2.31. The molecule has 0 aromatic heterocycles. The molecule has 0 fully saturated rings. The number of nitrogens with one attached hydrogen (secondary N) is 1. The summed E-state index contributed by atoms with van der Waals surface area (Å²) in [6.45, 7) is 0.450. The van der Waals surface area contributed by atoms with E-state index in [0.717, 1.165) is 34.5 Å². The molecule has 2 heterocycles. The van der Waals surface area contributed by atoms with E-state index in [1.165, 1.54) is 10.4 Å². The highest BCUT2D eigenvalue weighted by Gasteiger charge is 2.40. The van der Waals surface area contributed by atoms with Gasteiger partial charge in [-0.15, -0.1) is 0 Å². The van der Waals surface area contributed by atoms with Crippen LogP contribution in [0, 0.1) is 5.92 Å². The molecule has 1 aliphatic carbocycles. The molecule has 0 radical (unpaired) electrons. The number of benzene rings is 3. The number of fused-ring (bicyclic) bond motifs is 4. The van der Waals surface area contributed by atoms with Crippen molar-refractivity contribution < 1.29 is 18.6 Å². The first kappa shape index (κ1) is 20.2. The highest BCUT2D eigenvalue weighted by molar-refractivity contribution is 7.92.